The highest BCUT2D eigenvalue weighted by molar-refractivity contribution is 5.97. The summed E-state index contributed by atoms with van der Waals surface area (Å²) in [7, 11) is 0. The minimum atomic E-state index is -1.01. The number of nitrogens with zero attached hydrogens (tertiary/aromatic N) is 1. The van der Waals surface area contributed by atoms with Crippen LogP contribution in [-0.4, -0.2) is 59.6 Å². The van der Waals surface area contributed by atoms with Crippen molar-refractivity contribution in [3.63, 3.8) is 0 Å². The number of aromatic nitrogens is 1. The van der Waals surface area contributed by atoms with Crippen LogP contribution in [0, 0.1) is 38.0 Å². The minimum absolute atomic E-state index is 0.0189. The van der Waals surface area contributed by atoms with E-state index in [1.165, 1.54) is 0 Å². The zero-order chi connectivity index (χ0) is 30.3. The van der Waals surface area contributed by atoms with Gasteiger partial charge in [0.2, 0.25) is 5.91 Å². The lowest BCUT2D eigenvalue weighted by atomic mass is 9.80. The predicted octanol–water partition coefficient (Wildman–Crippen LogP) is 4.56. The second-order valence-corrected chi connectivity index (χ2v) is 12.9. The molecule has 0 spiro atoms. The second-order valence-electron chi connectivity index (χ2n) is 12.9. The highest BCUT2D eigenvalue weighted by atomic mass is 16.5. The molecule has 9 heteroatoms. The predicted molar refractivity (Wildman–Crippen MR) is 153 cm³/mol. The summed E-state index contributed by atoms with van der Waals surface area (Å²) in [6.07, 6.45) is 4.37. The molecule has 2 aliphatic rings. The summed E-state index contributed by atoms with van der Waals surface area (Å²) >= 11 is 0. The lowest BCUT2D eigenvalue weighted by Gasteiger charge is -2.29. The summed E-state index contributed by atoms with van der Waals surface area (Å²) < 4.78 is 11.0. The van der Waals surface area contributed by atoms with Crippen LogP contribution in [0.4, 0.5) is 0 Å². The molecule has 0 radical (unpaired) electrons. The maximum atomic E-state index is 13.6. The van der Waals surface area contributed by atoms with Gasteiger partial charge in [0, 0.05) is 37.0 Å². The summed E-state index contributed by atoms with van der Waals surface area (Å²) in [5.74, 6) is -2.59. The van der Waals surface area contributed by atoms with Crippen molar-refractivity contribution in [2.75, 3.05) is 13.2 Å². The minimum Gasteiger partial charge on any atom is -0.454 e. The van der Waals surface area contributed by atoms with Crippen LogP contribution in [0.1, 0.15) is 106 Å². The van der Waals surface area contributed by atoms with Crippen LogP contribution >= 0.6 is 0 Å². The summed E-state index contributed by atoms with van der Waals surface area (Å²) in [5.41, 5.74) is 2.05. The third kappa shape index (κ3) is 9.55. The first-order valence-corrected chi connectivity index (χ1v) is 14.9. The van der Waals surface area contributed by atoms with E-state index < -0.39 is 42.3 Å². The molecule has 1 aromatic heterocycles. The number of ether oxygens (including phenoxy) is 2. The van der Waals surface area contributed by atoms with E-state index >= 15 is 0 Å². The first-order valence-electron chi connectivity index (χ1n) is 14.9. The monoisotopic (exact) mass is 570 g/mol. The number of pyridine rings is 1. The van der Waals surface area contributed by atoms with Crippen molar-refractivity contribution in [1.82, 2.24) is 10.3 Å². The van der Waals surface area contributed by atoms with Crippen LogP contribution < -0.4 is 5.32 Å². The number of amides is 1. The molecule has 4 atom stereocenters. The van der Waals surface area contributed by atoms with Gasteiger partial charge in [-0.15, -0.1) is 0 Å². The molecule has 1 amide bonds. The molecule has 1 saturated heterocycles. The number of hydrogen-bond donors (Lipinski definition) is 1. The molecule has 0 unspecified atom stereocenters. The lowest BCUT2D eigenvalue weighted by Crippen LogP contribution is -2.48. The molecule has 0 aromatic carbocycles. The van der Waals surface area contributed by atoms with E-state index in [0.717, 1.165) is 25.0 Å². The number of esters is 1. The molecule has 2 heterocycles. The van der Waals surface area contributed by atoms with Crippen molar-refractivity contribution in [3.8, 4) is 0 Å². The molecule has 1 saturated carbocycles. The first kappa shape index (κ1) is 32.6. The average molecular weight is 571 g/mol. The van der Waals surface area contributed by atoms with Gasteiger partial charge in [0.05, 0.1) is 17.3 Å². The number of hydrogen-bond acceptors (Lipinski definition) is 8. The fourth-order valence-corrected chi connectivity index (χ4v) is 5.99. The third-order valence-corrected chi connectivity index (χ3v) is 7.95. The van der Waals surface area contributed by atoms with E-state index in [1.54, 1.807) is 19.9 Å². The standard InChI is InChI=1S/C32H46N2O7/c1-19-14-20(2)33-21(3)29(19)31(39)41-18-27(37)24(15-22-10-7-8-11-25(22)35)34-30(38)23(17-32(4,5)6)16-26(36)28-12-9-13-40-28/h14,22-24,28H,7-13,15-18H2,1-6H3,(H,34,38)/t22-,23-,24-,28+/m0/s1. The summed E-state index contributed by atoms with van der Waals surface area (Å²) in [6, 6.07) is 0.761. The van der Waals surface area contributed by atoms with Gasteiger partial charge < -0.3 is 14.8 Å². The normalized spacial score (nSPS) is 20.8. The molecule has 226 valence electrons. The van der Waals surface area contributed by atoms with Crippen LogP contribution in [0.2, 0.25) is 0 Å². The van der Waals surface area contributed by atoms with E-state index in [0.29, 0.717) is 49.1 Å². The number of aryl methyl sites for hydroxylation is 3. The Labute approximate surface area is 243 Å². The fraction of sp³-hybridized carbons (Fsp3) is 0.688. The lowest BCUT2D eigenvalue weighted by molar-refractivity contribution is -0.137. The molecule has 1 aliphatic heterocycles. The number of Topliss-reactive ketones (excluding diaryl/α,β-unsaturated/α-hetero) is 3. The van der Waals surface area contributed by atoms with Gasteiger partial charge in [0.15, 0.2) is 18.2 Å². The molecular weight excluding hydrogens is 524 g/mol. The molecule has 1 aromatic rings. The van der Waals surface area contributed by atoms with Crippen molar-refractivity contribution in [1.29, 1.82) is 0 Å². The SMILES string of the molecule is Cc1cc(C)c(C(=O)OCC(=O)[C@H](C[C@@H]2CCCCC2=O)NC(=O)[C@@H](CC(=O)[C@H]2CCCO2)CC(C)(C)C)c(C)n1. The van der Waals surface area contributed by atoms with Gasteiger partial charge in [-0.1, -0.05) is 27.2 Å². The summed E-state index contributed by atoms with van der Waals surface area (Å²) in [6.45, 7) is 11.3. The fourth-order valence-electron chi connectivity index (χ4n) is 5.99. The topological polar surface area (TPSA) is 129 Å². The maximum absolute atomic E-state index is 13.6. The number of rotatable bonds is 12. The van der Waals surface area contributed by atoms with E-state index in [2.05, 4.69) is 10.3 Å². The number of ketones is 3. The van der Waals surface area contributed by atoms with Gasteiger partial charge in [-0.05, 0) is 76.3 Å². The largest absolute Gasteiger partial charge is 0.454 e. The van der Waals surface area contributed by atoms with Gasteiger partial charge >= 0.3 is 5.97 Å². The molecule has 1 N–H and O–H groups in total. The zero-order valence-electron chi connectivity index (χ0n) is 25.5. The van der Waals surface area contributed by atoms with Crippen LogP contribution in [0.25, 0.3) is 0 Å². The Hall–Kier alpha value is -2.94. The van der Waals surface area contributed by atoms with Gasteiger partial charge in [-0.2, -0.15) is 0 Å². The molecule has 0 bridgehead atoms. The van der Waals surface area contributed by atoms with Crippen LogP contribution in [0.3, 0.4) is 0 Å². The van der Waals surface area contributed by atoms with E-state index in [4.69, 9.17) is 9.47 Å². The Kier molecular flexibility index (Phi) is 11.4. The van der Waals surface area contributed by atoms with Crippen LogP contribution in [0.15, 0.2) is 6.07 Å². The van der Waals surface area contributed by atoms with Gasteiger partial charge in [0.1, 0.15) is 11.9 Å². The maximum Gasteiger partial charge on any atom is 0.340 e. The van der Waals surface area contributed by atoms with Crippen molar-refractivity contribution >= 4 is 29.2 Å². The van der Waals surface area contributed by atoms with E-state index in [9.17, 15) is 24.0 Å². The Bertz CT molecular complexity index is 1120. The second kappa shape index (κ2) is 14.3. The van der Waals surface area contributed by atoms with E-state index in [-0.39, 0.29) is 35.7 Å². The van der Waals surface area contributed by atoms with Crippen molar-refractivity contribution in [2.24, 2.45) is 17.3 Å². The Morgan fingerprint density at radius 1 is 1.10 bits per heavy atom. The Morgan fingerprint density at radius 2 is 1.83 bits per heavy atom. The summed E-state index contributed by atoms with van der Waals surface area (Å²) in [4.78, 5) is 69.9. The Balaban J connectivity index is 1.76. The van der Waals surface area contributed by atoms with Gasteiger partial charge in [-0.3, -0.25) is 24.2 Å². The number of carbonyl (C=O) groups is 5. The number of nitrogens with one attached hydrogen (secondary N) is 1. The van der Waals surface area contributed by atoms with Crippen LogP contribution in [0.5, 0.6) is 0 Å². The van der Waals surface area contributed by atoms with Gasteiger partial charge in [0.25, 0.3) is 0 Å². The molecule has 2 fully saturated rings. The van der Waals surface area contributed by atoms with Crippen molar-refractivity contribution in [2.45, 2.75) is 111 Å². The smallest absolute Gasteiger partial charge is 0.340 e. The molecule has 1 aliphatic carbocycles. The highest BCUT2D eigenvalue weighted by Gasteiger charge is 2.35. The quantitative estimate of drug-likeness (QED) is 0.362. The summed E-state index contributed by atoms with van der Waals surface area (Å²) in [5, 5.41) is 2.86. The van der Waals surface area contributed by atoms with Crippen molar-refractivity contribution < 1.29 is 33.4 Å². The third-order valence-electron chi connectivity index (χ3n) is 7.95. The van der Waals surface area contributed by atoms with E-state index in [1.807, 2.05) is 27.7 Å². The molecule has 9 nitrogen and oxygen atoms in total. The van der Waals surface area contributed by atoms with Gasteiger partial charge in [-0.25, -0.2) is 4.79 Å². The first-order chi connectivity index (χ1) is 19.2. The molecule has 41 heavy (non-hydrogen) atoms. The molecular formula is C32H46N2O7. The number of carbonyl (C=O) groups excluding carboxylic acids is 5. The van der Waals surface area contributed by atoms with Crippen LogP contribution in [-0.2, 0) is 28.7 Å². The Morgan fingerprint density at radius 3 is 2.44 bits per heavy atom. The highest BCUT2D eigenvalue weighted by Crippen LogP contribution is 2.30. The van der Waals surface area contributed by atoms with Crippen molar-refractivity contribution in [3.05, 3.63) is 28.6 Å². The average Bonchev–Trinajstić information content (AvgIpc) is 3.41. The zero-order valence-corrected chi connectivity index (χ0v) is 25.5. The molecule has 3 rings (SSSR count).